The molecule has 0 saturated carbocycles. The molecule has 2 aromatic heterocycles. The van der Waals surface area contributed by atoms with Crippen LogP contribution >= 0.6 is 0 Å². The molecule has 0 aliphatic carbocycles. The van der Waals surface area contributed by atoms with Gasteiger partial charge in [0.05, 0.1) is 17.9 Å². The Morgan fingerprint density at radius 3 is 2.68 bits per heavy atom. The minimum atomic E-state index is -0.247. The molecule has 0 saturated heterocycles. The summed E-state index contributed by atoms with van der Waals surface area (Å²) >= 11 is 0. The lowest BCUT2D eigenvalue weighted by Crippen LogP contribution is -2.29. The maximum absolute atomic E-state index is 12.2. The van der Waals surface area contributed by atoms with Gasteiger partial charge in [-0.15, -0.1) is 0 Å². The van der Waals surface area contributed by atoms with Gasteiger partial charge in [0, 0.05) is 12.6 Å². The Kier molecular flexibility index (Phi) is 3.33. The van der Waals surface area contributed by atoms with E-state index in [-0.39, 0.29) is 11.9 Å². The Hall–Kier alpha value is -2.24. The number of hydrogen-bond acceptors (Lipinski definition) is 4. The lowest BCUT2D eigenvalue weighted by Gasteiger charge is -2.13. The highest BCUT2D eigenvalue weighted by Gasteiger charge is 2.19. The van der Waals surface area contributed by atoms with E-state index in [0.29, 0.717) is 11.4 Å². The summed E-state index contributed by atoms with van der Waals surface area (Å²) in [5, 5.41) is 6.85. The summed E-state index contributed by atoms with van der Waals surface area (Å²) in [6.45, 7) is 5.66. The highest BCUT2D eigenvalue weighted by molar-refractivity contribution is 5.97. The normalized spacial score (nSPS) is 12.4. The molecule has 102 valence electrons. The molecule has 0 aromatic carbocycles. The molecule has 1 atom stereocenters. The van der Waals surface area contributed by atoms with Crippen molar-refractivity contribution in [2.45, 2.75) is 26.8 Å². The van der Waals surface area contributed by atoms with Crippen LogP contribution in [0.4, 0.5) is 5.69 Å². The molecular formula is C13H18N4O2. The van der Waals surface area contributed by atoms with Crippen LogP contribution in [0.1, 0.15) is 40.5 Å². The maximum Gasteiger partial charge on any atom is 0.272 e. The summed E-state index contributed by atoms with van der Waals surface area (Å²) in [6, 6.07) is 1.77. The monoisotopic (exact) mass is 262 g/mol. The van der Waals surface area contributed by atoms with Crippen molar-refractivity contribution in [3.63, 3.8) is 0 Å². The van der Waals surface area contributed by atoms with E-state index in [1.807, 2.05) is 26.8 Å². The van der Waals surface area contributed by atoms with Crippen LogP contribution in [0, 0.1) is 13.8 Å². The molecule has 2 heterocycles. The minimum Gasteiger partial charge on any atom is -0.466 e. The summed E-state index contributed by atoms with van der Waals surface area (Å²) in [6.07, 6.45) is 1.47. The zero-order valence-electron chi connectivity index (χ0n) is 11.5. The van der Waals surface area contributed by atoms with Gasteiger partial charge in [-0.2, -0.15) is 5.10 Å². The molecule has 0 fully saturated rings. The van der Waals surface area contributed by atoms with E-state index in [2.05, 4.69) is 10.4 Å². The second kappa shape index (κ2) is 4.79. The molecule has 1 unspecified atom stereocenters. The van der Waals surface area contributed by atoms with Gasteiger partial charge < -0.3 is 15.5 Å². The number of carbonyl (C=O) groups is 1. The van der Waals surface area contributed by atoms with E-state index >= 15 is 0 Å². The van der Waals surface area contributed by atoms with Crippen molar-refractivity contribution in [2.75, 3.05) is 5.73 Å². The lowest BCUT2D eigenvalue weighted by atomic mass is 10.1. The first-order chi connectivity index (χ1) is 8.90. The Labute approximate surface area is 111 Å². The molecule has 19 heavy (non-hydrogen) atoms. The Balaban J connectivity index is 2.18. The van der Waals surface area contributed by atoms with Crippen LogP contribution in [-0.4, -0.2) is 15.7 Å². The summed E-state index contributed by atoms with van der Waals surface area (Å²) in [7, 11) is 1.68. The highest BCUT2D eigenvalue weighted by atomic mass is 16.3. The molecular weight excluding hydrogens is 244 g/mol. The number of aromatic nitrogens is 2. The van der Waals surface area contributed by atoms with Crippen LogP contribution in [0.25, 0.3) is 0 Å². The van der Waals surface area contributed by atoms with Gasteiger partial charge in [-0.25, -0.2) is 0 Å². The number of nitrogen functional groups attached to an aromatic ring is 1. The quantitative estimate of drug-likeness (QED) is 0.881. The third-order valence-electron chi connectivity index (χ3n) is 3.08. The average molecular weight is 262 g/mol. The SMILES string of the molecule is Cc1cc(C(C)NC(=O)c2c(N)cnn2C)c(C)o1. The summed E-state index contributed by atoms with van der Waals surface area (Å²) < 4.78 is 6.92. The topological polar surface area (TPSA) is 86.1 Å². The number of hydrogen-bond donors (Lipinski definition) is 2. The van der Waals surface area contributed by atoms with Gasteiger partial charge in [-0.1, -0.05) is 0 Å². The standard InChI is InChI=1S/C13H18N4O2/c1-7-5-10(9(3)19-7)8(2)16-13(18)12-11(14)6-15-17(12)4/h5-6,8H,14H2,1-4H3,(H,16,18). The first-order valence-corrected chi connectivity index (χ1v) is 6.05. The molecule has 3 N–H and O–H groups in total. The number of aryl methyl sites for hydroxylation is 3. The zero-order valence-corrected chi connectivity index (χ0v) is 11.5. The number of rotatable bonds is 3. The first kappa shape index (κ1) is 13.2. The fraction of sp³-hybridized carbons (Fsp3) is 0.385. The van der Waals surface area contributed by atoms with Crippen molar-refractivity contribution in [2.24, 2.45) is 7.05 Å². The lowest BCUT2D eigenvalue weighted by molar-refractivity contribution is 0.0931. The van der Waals surface area contributed by atoms with E-state index in [1.54, 1.807) is 7.05 Å². The van der Waals surface area contributed by atoms with Gasteiger partial charge in [0.2, 0.25) is 0 Å². The number of nitrogens with zero attached hydrogens (tertiary/aromatic N) is 2. The van der Waals surface area contributed by atoms with Gasteiger partial charge >= 0.3 is 0 Å². The highest BCUT2D eigenvalue weighted by Crippen LogP contribution is 2.22. The number of furan rings is 1. The number of amides is 1. The van der Waals surface area contributed by atoms with Gasteiger partial charge in [0.25, 0.3) is 5.91 Å². The summed E-state index contributed by atoms with van der Waals surface area (Å²) in [5.41, 5.74) is 7.43. The molecule has 6 nitrogen and oxygen atoms in total. The van der Waals surface area contributed by atoms with Crippen LogP contribution in [0.5, 0.6) is 0 Å². The summed E-state index contributed by atoms with van der Waals surface area (Å²) in [4.78, 5) is 12.2. The molecule has 0 bridgehead atoms. The van der Waals surface area contributed by atoms with Gasteiger partial charge in [-0.05, 0) is 26.8 Å². The smallest absolute Gasteiger partial charge is 0.272 e. The van der Waals surface area contributed by atoms with Crippen LogP contribution in [0.15, 0.2) is 16.7 Å². The van der Waals surface area contributed by atoms with E-state index in [9.17, 15) is 4.79 Å². The third kappa shape index (κ3) is 2.47. The number of nitrogens with two attached hydrogens (primary N) is 1. The predicted molar refractivity (Wildman–Crippen MR) is 71.7 cm³/mol. The van der Waals surface area contributed by atoms with Crippen molar-refractivity contribution >= 4 is 11.6 Å². The molecule has 0 aliphatic heterocycles. The van der Waals surface area contributed by atoms with Crippen molar-refractivity contribution in [1.29, 1.82) is 0 Å². The van der Waals surface area contributed by atoms with E-state index in [0.717, 1.165) is 17.1 Å². The summed E-state index contributed by atoms with van der Waals surface area (Å²) in [5.74, 6) is 1.39. The Morgan fingerprint density at radius 1 is 1.53 bits per heavy atom. The predicted octanol–water partition coefficient (Wildman–Crippen LogP) is 1.70. The number of anilines is 1. The number of nitrogens with one attached hydrogen (secondary N) is 1. The van der Waals surface area contributed by atoms with Crippen molar-refractivity contribution in [3.8, 4) is 0 Å². The van der Waals surface area contributed by atoms with Crippen LogP contribution < -0.4 is 11.1 Å². The molecule has 0 spiro atoms. The van der Waals surface area contributed by atoms with Gasteiger partial charge in [0.1, 0.15) is 17.2 Å². The second-order valence-corrected chi connectivity index (χ2v) is 4.64. The molecule has 0 aliphatic rings. The first-order valence-electron chi connectivity index (χ1n) is 6.05. The van der Waals surface area contributed by atoms with Gasteiger partial charge in [-0.3, -0.25) is 9.48 Å². The van der Waals surface area contributed by atoms with Crippen molar-refractivity contribution in [3.05, 3.63) is 35.0 Å². The van der Waals surface area contributed by atoms with E-state index in [4.69, 9.17) is 10.2 Å². The average Bonchev–Trinajstić information content (AvgIpc) is 2.81. The zero-order chi connectivity index (χ0) is 14.2. The van der Waals surface area contributed by atoms with Gasteiger partial charge in [0.15, 0.2) is 0 Å². The molecule has 0 radical (unpaired) electrons. The molecule has 2 aromatic rings. The molecule has 1 amide bonds. The fourth-order valence-corrected chi connectivity index (χ4v) is 2.16. The van der Waals surface area contributed by atoms with Crippen molar-refractivity contribution in [1.82, 2.24) is 15.1 Å². The second-order valence-electron chi connectivity index (χ2n) is 4.64. The van der Waals surface area contributed by atoms with Crippen LogP contribution in [0.2, 0.25) is 0 Å². The molecule has 2 rings (SSSR count). The molecule has 6 heteroatoms. The largest absolute Gasteiger partial charge is 0.466 e. The minimum absolute atomic E-state index is 0.153. The van der Waals surface area contributed by atoms with Crippen LogP contribution in [0.3, 0.4) is 0 Å². The Morgan fingerprint density at radius 2 is 2.21 bits per heavy atom. The maximum atomic E-state index is 12.2. The van der Waals surface area contributed by atoms with E-state index in [1.165, 1.54) is 10.9 Å². The van der Waals surface area contributed by atoms with E-state index < -0.39 is 0 Å². The van der Waals surface area contributed by atoms with Crippen molar-refractivity contribution < 1.29 is 9.21 Å². The third-order valence-corrected chi connectivity index (χ3v) is 3.08. The fourth-order valence-electron chi connectivity index (χ4n) is 2.16. The van der Waals surface area contributed by atoms with Crippen LogP contribution in [-0.2, 0) is 7.05 Å². The Bertz CT molecular complexity index is 593. The number of carbonyl (C=O) groups excluding carboxylic acids is 1.